The van der Waals surface area contributed by atoms with Crippen LogP contribution < -0.4 is 10.9 Å². The number of amides is 1. The van der Waals surface area contributed by atoms with Crippen LogP contribution in [0.5, 0.6) is 0 Å². The predicted molar refractivity (Wildman–Crippen MR) is 135 cm³/mol. The average Bonchev–Trinajstić information content (AvgIpc) is 3.13. The van der Waals surface area contributed by atoms with Crippen LogP contribution in [-0.2, 0) is 21.5 Å². The molecule has 0 bridgehead atoms. The van der Waals surface area contributed by atoms with Gasteiger partial charge in [-0.05, 0) is 61.3 Å². The Morgan fingerprint density at radius 1 is 1.15 bits per heavy atom. The lowest BCUT2D eigenvalue weighted by molar-refractivity contribution is -0.116. The van der Waals surface area contributed by atoms with Gasteiger partial charge >= 0.3 is 5.97 Å². The van der Waals surface area contributed by atoms with Gasteiger partial charge in [-0.15, -0.1) is 11.3 Å². The van der Waals surface area contributed by atoms with Crippen LogP contribution in [0, 0.1) is 6.92 Å². The van der Waals surface area contributed by atoms with E-state index >= 15 is 0 Å². The molecule has 0 radical (unpaired) electrons. The molecule has 1 aliphatic carbocycles. The Morgan fingerprint density at radius 3 is 2.47 bits per heavy atom. The molecule has 1 aromatic carbocycles. The molecular formula is C26H31N3O4S. The summed E-state index contributed by atoms with van der Waals surface area (Å²) in [6, 6.07) is 7.68. The molecule has 7 nitrogen and oxygen atoms in total. The maximum Gasteiger partial charge on any atom is 0.348 e. The van der Waals surface area contributed by atoms with E-state index < -0.39 is 5.97 Å². The van der Waals surface area contributed by atoms with Crippen molar-refractivity contribution >= 4 is 39.1 Å². The highest BCUT2D eigenvalue weighted by Gasteiger charge is 2.24. The Hall–Kier alpha value is -3.00. The number of anilines is 1. The molecule has 3 aromatic rings. The molecule has 4 rings (SSSR count). The molecule has 0 unspecified atom stereocenters. The zero-order valence-corrected chi connectivity index (χ0v) is 21.0. The summed E-state index contributed by atoms with van der Waals surface area (Å²) in [5.41, 5.74) is 2.08. The monoisotopic (exact) mass is 481 g/mol. The zero-order chi connectivity index (χ0) is 24.5. The van der Waals surface area contributed by atoms with Crippen molar-refractivity contribution in [3.63, 3.8) is 0 Å². The van der Waals surface area contributed by atoms with Gasteiger partial charge in [-0.3, -0.25) is 14.2 Å². The molecule has 2 aromatic heterocycles. The van der Waals surface area contributed by atoms with Gasteiger partial charge in [-0.25, -0.2) is 9.78 Å². The second kappa shape index (κ2) is 9.70. The summed E-state index contributed by atoms with van der Waals surface area (Å²) >= 11 is 1.17. The summed E-state index contributed by atoms with van der Waals surface area (Å²) in [5.74, 6) is -0.716. The van der Waals surface area contributed by atoms with E-state index in [0.717, 1.165) is 25.7 Å². The topological polar surface area (TPSA) is 90.3 Å². The molecule has 2 heterocycles. The van der Waals surface area contributed by atoms with Crippen LogP contribution in [0.1, 0.15) is 73.7 Å². The molecule has 1 amide bonds. The number of fused-ring (bicyclic) bond motifs is 1. The highest BCUT2D eigenvalue weighted by molar-refractivity contribution is 7.20. The fraction of sp³-hybridized carbons (Fsp3) is 0.462. The first-order valence-corrected chi connectivity index (χ1v) is 12.5. The third kappa shape index (κ3) is 5.22. The number of benzene rings is 1. The molecule has 0 atom stereocenters. The average molecular weight is 482 g/mol. The van der Waals surface area contributed by atoms with Gasteiger partial charge < -0.3 is 10.1 Å². The van der Waals surface area contributed by atoms with Crippen molar-refractivity contribution in [2.45, 2.75) is 77.9 Å². The smallest absolute Gasteiger partial charge is 0.348 e. The number of nitrogens with one attached hydrogen (secondary N) is 1. The van der Waals surface area contributed by atoms with Crippen molar-refractivity contribution in [2.75, 3.05) is 5.32 Å². The van der Waals surface area contributed by atoms with E-state index in [1.165, 1.54) is 34.2 Å². The first-order valence-electron chi connectivity index (χ1n) is 11.7. The van der Waals surface area contributed by atoms with Gasteiger partial charge in [0.1, 0.15) is 22.4 Å². The Bertz CT molecular complexity index is 1260. The molecule has 0 saturated heterocycles. The van der Waals surface area contributed by atoms with Crippen LogP contribution in [0.25, 0.3) is 10.2 Å². The minimum atomic E-state index is -0.394. The second-order valence-corrected chi connectivity index (χ2v) is 11.0. The van der Waals surface area contributed by atoms with E-state index in [-0.39, 0.29) is 29.5 Å². The maximum atomic E-state index is 13.1. The molecular weight excluding hydrogens is 450 g/mol. The lowest BCUT2D eigenvalue weighted by Gasteiger charge is -2.21. The molecule has 34 heavy (non-hydrogen) atoms. The number of hydrogen-bond acceptors (Lipinski definition) is 6. The lowest BCUT2D eigenvalue weighted by Crippen LogP contribution is -2.28. The molecule has 1 aliphatic rings. The fourth-order valence-corrected chi connectivity index (χ4v) is 5.29. The van der Waals surface area contributed by atoms with E-state index in [1.54, 1.807) is 6.92 Å². The van der Waals surface area contributed by atoms with Gasteiger partial charge in [0.15, 0.2) is 0 Å². The first-order chi connectivity index (χ1) is 16.1. The third-order valence-electron chi connectivity index (χ3n) is 6.28. The van der Waals surface area contributed by atoms with E-state index in [2.05, 4.69) is 31.1 Å². The van der Waals surface area contributed by atoms with Crippen molar-refractivity contribution in [3.8, 4) is 0 Å². The number of hydrogen-bond donors (Lipinski definition) is 1. The van der Waals surface area contributed by atoms with E-state index in [1.807, 2.05) is 24.3 Å². The Morgan fingerprint density at radius 2 is 1.82 bits per heavy atom. The molecule has 1 fully saturated rings. The van der Waals surface area contributed by atoms with Gasteiger partial charge in [0.2, 0.25) is 5.91 Å². The van der Waals surface area contributed by atoms with Crippen LogP contribution in [0.4, 0.5) is 5.69 Å². The van der Waals surface area contributed by atoms with Gasteiger partial charge in [-0.1, -0.05) is 39.3 Å². The second-order valence-electron chi connectivity index (χ2n) is 9.95. The minimum absolute atomic E-state index is 0.0248. The number of esters is 1. The minimum Gasteiger partial charge on any atom is -0.458 e. The molecule has 8 heteroatoms. The van der Waals surface area contributed by atoms with Gasteiger partial charge in [-0.2, -0.15) is 0 Å². The van der Waals surface area contributed by atoms with E-state index in [4.69, 9.17) is 4.74 Å². The van der Waals surface area contributed by atoms with Crippen molar-refractivity contribution < 1.29 is 14.3 Å². The van der Waals surface area contributed by atoms with E-state index in [9.17, 15) is 14.4 Å². The number of carbonyl (C=O) groups excluding carboxylic acids is 2. The number of thiophene rings is 1. The summed E-state index contributed by atoms with van der Waals surface area (Å²) in [6.45, 7) is 7.96. The quantitative estimate of drug-likeness (QED) is 0.506. The maximum absolute atomic E-state index is 13.1. The first kappa shape index (κ1) is 24.1. The van der Waals surface area contributed by atoms with Crippen molar-refractivity contribution in [3.05, 3.63) is 57.0 Å². The summed E-state index contributed by atoms with van der Waals surface area (Å²) < 4.78 is 6.96. The standard InChI is InChI=1S/C26H31N3O4S/c1-16-21-23(34-22(16)25(32)33-19-8-6-5-7-9-19)27-15-29(24(21)31)14-20(30)28-18-12-10-17(11-13-18)26(2,3)4/h10-13,15,19H,5-9,14H2,1-4H3,(H,28,30). The van der Waals surface area contributed by atoms with Crippen molar-refractivity contribution in [2.24, 2.45) is 0 Å². The number of ether oxygens (including phenoxy) is 1. The van der Waals surface area contributed by atoms with Crippen LogP contribution in [0.2, 0.25) is 0 Å². The predicted octanol–water partition coefficient (Wildman–Crippen LogP) is 5.19. The normalized spacial score (nSPS) is 14.8. The summed E-state index contributed by atoms with van der Waals surface area (Å²) in [4.78, 5) is 43.7. The van der Waals surface area contributed by atoms with Crippen LogP contribution in [0.15, 0.2) is 35.4 Å². The Balaban J connectivity index is 1.49. The third-order valence-corrected chi connectivity index (χ3v) is 7.46. The fourth-order valence-electron chi connectivity index (χ4n) is 4.26. The molecule has 1 N–H and O–H groups in total. The van der Waals surface area contributed by atoms with Crippen LogP contribution in [0.3, 0.4) is 0 Å². The largest absolute Gasteiger partial charge is 0.458 e. The SMILES string of the molecule is Cc1c(C(=O)OC2CCCCC2)sc2ncn(CC(=O)Nc3ccc(C(C)(C)C)cc3)c(=O)c12. The highest BCUT2D eigenvalue weighted by atomic mass is 32.1. The number of nitrogens with zero attached hydrogens (tertiary/aromatic N) is 2. The molecule has 180 valence electrons. The Labute approximate surface area is 203 Å². The van der Waals surface area contributed by atoms with Gasteiger partial charge in [0.05, 0.1) is 11.7 Å². The van der Waals surface area contributed by atoms with Crippen molar-refractivity contribution in [1.29, 1.82) is 0 Å². The van der Waals surface area contributed by atoms with Crippen molar-refractivity contribution in [1.82, 2.24) is 9.55 Å². The number of aryl methyl sites for hydroxylation is 1. The summed E-state index contributed by atoms with van der Waals surface area (Å²) in [5, 5.41) is 3.20. The molecule has 1 saturated carbocycles. The van der Waals surface area contributed by atoms with Crippen LogP contribution >= 0.6 is 11.3 Å². The van der Waals surface area contributed by atoms with Crippen LogP contribution in [-0.4, -0.2) is 27.5 Å². The summed E-state index contributed by atoms with van der Waals surface area (Å²) in [7, 11) is 0. The lowest BCUT2D eigenvalue weighted by atomic mass is 9.87. The number of carbonyl (C=O) groups is 2. The summed E-state index contributed by atoms with van der Waals surface area (Å²) in [6.07, 6.45) is 6.38. The van der Waals surface area contributed by atoms with E-state index in [0.29, 0.717) is 26.3 Å². The zero-order valence-electron chi connectivity index (χ0n) is 20.1. The highest BCUT2D eigenvalue weighted by Crippen LogP contribution is 2.29. The van der Waals surface area contributed by atoms with Gasteiger partial charge in [0, 0.05) is 5.69 Å². The molecule has 0 aliphatic heterocycles. The number of aromatic nitrogens is 2. The van der Waals surface area contributed by atoms with Gasteiger partial charge in [0.25, 0.3) is 5.56 Å². The Kier molecular flexibility index (Phi) is 6.89. The molecule has 0 spiro atoms. The number of rotatable bonds is 5.